The van der Waals surface area contributed by atoms with Crippen molar-refractivity contribution in [1.29, 1.82) is 0 Å². The summed E-state index contributed by atoms with van der Waals surface area (Å²) in [4.78, 5) is 11.6. The van der Waals surface area contributed by atoms with Crippen LogP contribution in [0.3, 0.4) is 0 Å². The molecule has 0 aliphatic carbocycles. The number of ether oxygens (including phenoxy) is 1. The summed E-state index contributed by atoms with van der Waals surface area (Å²) >= 11 is 0. The average Bonchev–Trinajstić information content (AvgIpc) is 3.16. The number of hydrogen-bond donors (Lipinski definition) is 2. The van der Waals surface area contributed by atoms with Crippen LogP contribution < -0.4 is 5.32 Å². The maximum Gasteiger partial charge on any atom is 0.453 e. The first-order valence-electron chi connectivity index (χ1n) is 6.64. The molecule has 3 rings (SSSR count). The number of alkyl halides is 3. The second-order valence-corrected chi connectivity index (χ2v) is 4.85. The molecule has 10 heteroatoms. The molecule has 1 aliphatic rings. The predicted octanol–water partition coefficient (Wildman–Crippen LogP) is 1.73. The molecule has 22 heavy (non-hydrogen) atoms. The molecule has 0 bridgehead atoms. The minimum atomic E-state index is -4.56. The largest absolute Gasteiger partial charge is 0.453 e. The second-order valence-electron chi connectivity index (χ2n) is 4.85. The van der Waals surface area contributed by atoms with E-state index in [0.29, 0.717) is 19.0 Å². The lowest BCUT2D eigenvalue weighted by atomic mass is 10.1. The number of H-pyrrole nitrogens is 1. The fourth-order valence-electron chi connectivity index (χ4n) is 2.14. The molecule has 2 aromatic rings. The zero-order valence-corrected chi connectivity index (χ0v) is 11.4. The van der Waals surface area contributed by atoms with Gasteiger partial charge in [0.15, 0.2) is 0 Å². The van der Waals surface area contributed by atoms with E-state index in [1.807, 2.05) is 0 Å². The van der Waals surface area contributed by atoms with Gasteiger partial charge >= 0.3 is 6.18 Å². The Morgan fingerprint density at radius 3 is 2.91 bits per heavy atom. The predicted molar refractivity (Wildman–Crippen MR) is 68.9 cm³/mol. The lowest BCUT2D eigenvalue weighted by Gasteiger charge is -2.09. The van der Waals surface area contributed by atoms with Crippen molar-refractivity contribution < 1.29 is 17.9 Å². The number of rotatable bonds is 4. The van der Waals surface area contributed by atoms with Crippen LogP contribution in [0.15, 0.2) is 12.4 Å². The van der Waals surface area contributed by atoms with E-state index < -0.39 is 12.0 Å². The Bertz CT molecular complexity index is 638. The van der Waals surface area contributed by atoms with Gasteiger partial charge in [0, 0.05) is 18.6 Å². The molecule has 1 fully saturated rings. The van der Waals surface area contributed by atoms with Crippen molar-refractivity contribution in [2.24, 2.45) is 0 Å². The van der Waals surface area contributed by atoms with Crippen LogP contribution in [-0.4, -0.2) is 38.4 Å². The van der Waals surface area contributed by atoms with E-state index in [1.165, 1.54) is 6.33 Å². The first-order chi connectivity index (χ1) is 10.5. The first kappa shape index (κ1) is 14.7. The van der Waals surface area contributed by atoms with Gasteiger partial charge in [0.2, 0.25) is 0 Å². The second kappa shape index (κ2) is 5.87. The molecule has 2 aromatic heterocycles. The summed E-state index contributed by atoms with van der Waals surface area (Å²) in [5.74, 6) is -0.361. The summed E-state index contributed by atoms with van der Waals surface area (Å²) in [6, 6.07) is 1.76. The number of aromatic nitrogens is 5. The van der Waals surface area contributed by atoms with Crippen LogP contribution in [0, 0.1) is 0 Å². The minimum Gasteiger partial charge on any atom is -0.381 e. The first-order valence-corrected chi connectivity index (χ1v) is 6.64. The standard InChI is InChI=1S/C12H13F3N6O/c13-12(14,15)11-19-10(20-21-11)4-16-9-3-8(17-6-18-9)7-1-2-22-5-7/h3,6-7H,1-2,4-5H2,(H,16,17,18)(H,19,20,21)/t7-/m1/s1. The fraction of sp³-hybridized carbons (Fsp3) is 0.500. The fourth-order valence-corrected chi connectivity index (χ4v) is 2.14. The van der Waals surface area contributed by atoms with Gasteiger partial charge in [0.25, 0.3) is 5.82 Å². The number of anilines is 1. The zero-order chi connectivity index (χ0) is 15.6. The van der Waals surface area contributed by atoms with Crippen LogP contribution >= 0.6 is 0 Å². The van der Waals surface area contributed by atoms with Crippen LogP contribution in [0.1, 0.15) is 29.7 Å². The molecule has 2 N–H and O–H groups in total. The van der Waals surface area contributed by atoms with Gasteiger partial charge in [-0.15, -0.1) is 5.10 Å². The third-order valence-corrected chi connectivity index (χ3v) is 3.26. The molecular weight excluding hydrogens is 301 g/mol. The van der Waals surface area contributed by atoms with Crippen molar-refractivity contribution in [3.05, 3.63) is 29.7 Å². The molecule has 0 amide bonds. The van der Waals surface area contributed by atoms with Gasteiger partial charge in [-0.2, -0.15) is 13.2 Å². The molecule has 0 unspecified atom stereocenters. The monoisotopic (exact) mass is 314 g/mol. The Balaban J connectivity index is 1.64. The maximum atomic E-state index is 12.4. The molecule has 1 atom stereocenters. The van der Waals surface area contributed by atoms with E-state index in [9.17, 15) is 13.2 Å². The summed E-state index contributed by atoms with van der Waals surface area (Å²) < 4.78 is 42.5. The van der Waals surface area contributed by atoms with E-state index in [1.54, 1.807) is 6.07 Å². The van der Waals surface area contributed by atoms with Gasteiger partial charge in [-0.25, -0.2) is 15.0 Å². The molecule has 3 heterocycles. The van der Waals surface area contributed by atoms with E-state index in [0.717, 1.165) is 12.1 Å². The Morgan fingerprint density at radius 2 is 2.23 bits per heavy atom. The van der Waals surface area contributed by atoms with E-state index in [2.05, 4.69) is 30.5 Å². The van der Waals surface area contributed by atoms with Gasteiger partial charge in [-0.3, -0.25) is 5.10 Å². The van der Waals surface area contributed by atoms with Crippen LogP contribution in [0.4, 0.5) is 19.0 Å². The van der Waals surface area contributed by atoms with Crippen molar-refractivity contribution >= 4 is 5.82 Å². The Kier molecular flexibility index (Phi) is 3.92. The van der Waals surface area contributed by atoms with Gasteiger partial charge < -0.3 is 10.1 Å². The van der Waals surface area contributed by atoms with Gasteiger partial charge in [0.05, 0.1) is 18.8 Å². The number of aromatic amines is 1. The van der Waals surface area contributed by atoms with Crippen LogP contribution in [0.5, 0.6) is 0 Å². The average molecular weight is 314 g/mol. The normalized spacial score (nSPS) is 18.6. The lowest BCUT2D eigenvalue weighted by molar-refractivity contribution is -0.144. The highest BCUT2D eigenvalue weighted by Gasteiger charge is 2.35. The van der Waals surface area contributed by atoms with Crippen molar-refractivity contribution in [3.8, 4) is 0 Å². The quantitative estimate of drug-likeness (QED) is 0.893. The molecular formula is C12H13F3N6O. The molecule has 0 saturated carbocycles. The zero-order valence-electron chi connectivity index (χ0n) is 11.4. The van der Waals surface area contributed by atoms with Crippen LogP contribution in [0.2, 0.25) is 0 Å². The van der Waals surface area contributed by atoms with Gasteiger partial charge in [0.1, 0.15) is 18.0 Å². The van der Waals surface area contributed by atoms with Gasteiger partial charge in [-0.05, 0) is 6.42 Å². The van der Waals surface area contributed by atoms with Crippen molar-refractivity contribution in [3.63, 3.8) is 0 Å². The summed E-state index contributed by atoms with van der Waals surface area (Å²) in [7, 11) is 0. The SMILES string of the molecule is FC(F)(F)c1n[nH]c(CNc2cc([C@@H]3CCOC3)ncn2)n1. The minimum absolute atomic E-state index is 0.0562. The summed E-state index contributed by atoms with van der Waals surface area (Å²) in [5.41, 5.74) is 0.851. The van der Waals surface area contributed by atoms with Crippen molar-refractivity contribution in [2.75, 3.05) is 18.5 Å². The molecule has 7 nitrogen and oxygen atoms in total. The highest BCUT2D eigenvalue weighted by atomic mass is 19.4. The molecule has 1 aliphatic heterocycles. The molecule has 1 saturated heterocycles. The highest BCUT2D eigenvalue weighted by molar-refractivity contribution is 5.36. The third-order valence-electron chi connectivity index (χ3n) is 3.26. The smallest absolute Gasteiger partial charge is 0.381 e. The number of nitrogens with one attached hydrogen (secondary N) is 2. The maximum absolute atomic E-state index is 12.4. The Morgan fingerprint density at radius 1 is 1.36 bits per heavy atom. The topological polar surface area (TPSA) is 88.6 Å². The molecule has 0 aromatic carbocycles. The number of nitrogens with zero attached hydrogens (tertiary/aromatic N) is 4. The molecule has 0 radical (unpaired) electrons. The lowest BCUT2D eigenvalue weighted by Crippen LogP contribution is -2.08. The molecule has 0 spiro atoms. The number of halogens is 3. The van der Waals surface area contributed by atoms with Crippen molar-refractivity contribution in [1.82, 2.24) is 25.1 Å². The Labute approximate surface area is 123 Å². The van der Waals surface area contributed by atoms with E-state index >= 15 is 0 Å². The molecule has 118 valence electrons. The van der Waals surface area contributed by atoms with Crippen molar-refractivity contribution in [2.45, 2.75) is 25.1 Å². The van der Waals surface area contributed by atoms with E-state index in [-0.39, 0.29) is 18.3 Å². The summed E-state index contributed by atoms with van der Waals surface area (Å²) in [5, 5.41) is 8.27. The summed E-state index contributed by atoms with van der Waals surface area (Å²) in [6.07, 6.45) is -2.25. The summed E-state index contributed by atoms with van der Waals surface area (Å²) in [6.45, 7) is 1.38. The Hall–Kier alpha value is -2.23. The highest BCUT2D eigenvalue weighted by Crippen LogP contribution is 2.26. The van der Waals surface area contributed by atoms with Gasteiger partial charge in [-0.1, -0.05) is 0 Å². The van der Waals surface area contributed by atoms with Crippen LogP contribution in [0.25, 0.3) is 0 Å². The van der Waals surface area contributed by atoms with Crippen LogP contribution in [-0.2, 0) is 17.5 Å². The number of hydrogen-bond acceptors (Lipinski definition) is 6. The van der Waals surface area contributed by atoms with E-state index in [4.69, 9.17) is 4.74 Å². The third kappa shape index (κ3) is 3.32.